The minimum atomic E-state index is -0.0130. The minimum Gasteiger partial charge on any atom is -0.399 e. The molecule has 5 heteroatoms. The molecule has 0 saturated heterocycles. The van der Waals surface area contributed by atoms with Crippen molar-refractivity contribution in [1.82, 2.24) is 9.55 Å². The van der Waals surface area contributed by atoms with Gasteiger partial charge in [-0.3, -0.25) is 4.79 Å². The van der Waals surface area contributed by atoms with Crippen molar-refractivity contribution in [2.45, 2.75) is 26.8 Å². The number of amides is 1. The van der Waals surface area contributed by atoms with Gasteiger partial charge >= 0.3 is 0 Å². The Morgan fingerprint density at radius 1 is 1.42 bits per heavy atom. The Balaban J connectivity index is 1.93. The third-order valence-electron chi connectivity index (χ3n) is 3.03. The summed E-state index contributed by atoms with van der Waals surface area (Å²) in [6, 6.07) is 5.45. The number of imidazole rings is 1. The number of anilines is 2. The second kappa shape index (κ2) is 5.56. The summed E-state index contributed by atoms with van der Waals surface area (Å²) in [5.41, 5.74) is 8.15. The summed E-state index contributed by atoms with van der Waals surface area (Å²) in [6.07, 6.45) is 4.02. The second-order valence-corrected chi connectivity index (χ2v) is 4.54. The Hall–Kier alpha value is -2.30. The molecule has 0 aliphatic carbocycles. The molecule has 2 aromatic rings. The van der Waals surface area contributed by atoms with Crippen LogP contribution in [0, 0.1) is 13.8 Å². The summed E-state index contributed by atoms with van der Waals surface area (Å²) in [5.74, 6) is 0.900. The fraction of sp³-hybridized carbons (Fsp3) is 0.286. The maximum absolute atomic E-state index is 11.9. The van der Waals surface area contributed by atoms with Crippen LogP contribution in [0.2, 0.25) is 0 Å². The predicted octanol–water partition coefficient (Wildman–Crippen LogP) is 2.11. The van der Waals surface area contributed by atoms with Gasteiger partial charge in [-0.15, -0.1) is 0 Å². The smallest absolute Gasteiger partial charge is 0.226 e. The van der Waals surface area contributed by atoms with Gasteiger partial charge in [0, 0.05) is 36.7 Å². The van der Waals surface area contributed by atoms with E-state index in [0.717, 1.165) is 17.1 Å². The van der Waals surface area contributed by atoms with Gasteiger partial charge in [0.15, 0.2) is 0 Å². The predicted molar refractivity (Wildman–Crippen MR) is 75.8 cm³/mol. The van der Waals surface area contributed by atoms with Crippen molar-refractivity contribution in [3.63, 3.8) is 0 Å². The van der Waals surface area contributed by atoms with Gasteiger partial charge in [-0.05, 0) is 37.6 Å². The lowest BCUT2D eigenvalue weighted by atomic mass is 10.2. The van der Waals surface area contributed by atoms with Gasteiger partial charge in [0.2, 0.25) is 5.91 Å². The Morgan fingerprint density at radius 3 is 2.84 bits per heavy atom. The highest BCUT2D eigenvalue weighted by atomic mass is 16.1. The van der Waals surface area contributed by atoms with E-state index >= 15 is 0 Å². The van der Waals surface area contributed by atoms with Crippen molar-refractivity contribution >= 4 is 17.3 Å². The van der Waals surface area contributed by atoms with E-state index in [1.54, 1.807) is 12.3 Å². The van der Waals surface area contributed by atoms with E-state index in [0.29, 0.717) is 18.7 Å². The molecule has 3 N–H and O–H groups in total. The average Bonchev–Trinajstić information content (AvgIpc) is 2.76. The van der Waals surface area contributed by atoms with Crippen LogP contribution in [0.1, 0.15) is 17.8 Å². The summed E-state index contributed by atoms with van der Waals surface area (Å²) in [6.45, 7) is 4.47. The number of aromatic nitrogens is 2. The van der Waals surface area contributed by atoms with Gasteiger partial charge in [0.05, 0.1) is 0 Å². The fourth-order valence-corrected chi connectivity index (χ4v) is 1.90. The number of nitrogens with one attached hydrogen (secondary N) is 1. The molecule has 19 heavy (non-hydrogen) atoms. The lowest BCUT2D eigenvalue weighted by Crippen LogP contribution is -2.15. The molecule has 1 heterocycles. The highest BCUT2D eigenvalue weighted by Gasteiger charge is 2.06. The Bertz CT molecular complexity index is 589. The topological polar surface area (TPSA) is 72.9 Å². The summed E-state index contributed by atoms with van der Waals surface area (Å²) in [4.78, 5) is 16.0. The first-order valence-electron chi connectivity index (χ1n) is 6.20. The zero-order valence-electron chi connectivity index (χ0n) is 11.2. The third-order valence-corrected chi connectivity index (χ3v) is 3.03. The van der Waals surface area contributed by atoms with Crippen molar-refractivity contribution in [2.24, 2.45) is 0 Å². The number of nitrogen functional groups attached to an aromatic ring is 1. The maximum Gasteiger partial charge on any atom is 0.226 e. The standard InChI is InChI=1S/C14H18N4O/c1-10-9-12(15)3-4-13(10)17-14(19)5-7-18-8-6-16-11(18)2/h3-4,6,8-9H,5,7,15H2,1-2H3,(H,17,19). The highest BCUT2D eigenvalue weighted by molar-refractivity contribution is 5.91. The molecule has 5 nitrogen and oxygen atoms in total. The van der Waals surface area contributed by atoms with Gasteiger partial charge in [0.25, 0.3) is 0 Å². The summed E-state index contributed by atoms with van der Waals surface area (Å²) < 4.78 is 1.95. The molecule has 0 bridgehead atoms. The number of nitrogens with zero attached hydrogens (tertiary/aromatic N) is 2. The molecular formula is C14H18N4O. The van der Waals surface area contributed by atoms with Crippen LogP contribution in [0.4, 0.5) is 11.4 Å². The van der Waals surface area contributed by atoms with Crippen LogP contribution in [0.5, 0.6) is 0 Å². The van der Waals surface area contributed by atoms with Crippen molar-refractivity contribution in [3.05, 3.63) is 42.0 Å². The summed E-state index contributed by atoms with van der Waals surface area (Å²) in [7, 11) is 0. The Labute approximate surface area is 112 Å². The molecule has 0 fully saturated rings. The molecule has 2 rings (SSSR count). The number of hydrogen-bond acceptors (Lipinski definition) is 3. The minimum absolute atomic E-state index is 0.0130. The zero-order chi connectivity index (χ0) is 13.8. The Kier molecular flexibility index (Phi) is 3.85. The van der Waals surface area contributed by atoms with Gasteiger partial charge in [0.1, 0.15) is 5.82 Å². The van der Waals surface area contributed by atoms with Crippen LogP contribution in [0.25, 0.3) is 0 Å². The molecule has 0 unspecified atom stereocenters. The van der Waals surface area contributed by atoms with Crippen molar-refractivity contribution in [3.8, 4) is 0 Å². The van der Waals surface area contributed by atoms with E-state index in [1.807, 2.05) is 36.7 Å². The van der Waals surface area contributed by atoms with E-state index < -0.39 is 0 Å². The number of hydrogen-bond donors (Lipinski definition) is 2. The number of carbonyl (C=O) groups is 1. The SMILES string of the molecule is Cc1cc(N)ccc1NC(=O)CCn1ccnc1C. The Morgan fingerprint density at radius 2 is 2.21 bits per heavy atom. The fourth-order valence-electron chi connectivity index (χ4n) is 1.90. The van der Waals surface area contributed by atoms with Gasteiger partial charge in [-0.2, -0.15) is 0 Å². The van der Waals surface area contributed by atoms with E-state index in [1.165, 1.54) is 0 Å². The number of aryl methyl sites for hydroxylation is 3. The van der Waals surface area contributed by atoms with Crippen LogP contribution in [0.3, 0.4) is 0 Å². The van der Waals surface area contributed by atoms with E-state index in [4.69, 9.17) is 5.73 Å². The first kappa shape index (κ1) is 13.1. The molecule has 0 radical (unpaired) electrons. The first-order valence-corrected chi connectivity index (χ1v) is 6.20. The molecule has 0 aliphatic heterocycles. The third kappa shape index (κ3) is 3.34. The monoisotopic (exact) mass is 258 g/mol. The van der Waals surface area contributed by atoms with Crippen LogP contribution >= 0.6 is 0 Å². The average molecular weight is 258 g/mol. The van der Waals surface area contributed by atoms with Crippen LogP contribution in [-0.2, 0) is 11.3 Å². The maximum atomic E-state index is 11.9. The lowest BCUT2D eigenvalue weighted by molar-refractivity contribution is -0.116. The van der Waals surface area contributed by atoms with Crippen molar-refractivity contribution in [1.29, 1.82) is 0 Å². The van der Waals surface area contributed by atoms with Gasteiger partial charge < -0.3 is 15.6 Å². The quantitative estimate of drug-likeness (QED) is 0.825. The van der Waals surface area contributed by atoms with E-state index in [-0.39, 0.29) is 5.91 Å². The number of benzene rings is 1. The van der Waals surface area contributed by atoms with Crippen LogP contribution in [-0.4, -0.2) is 15.5 Å². The molecular weight excluding hydrogens is 240 g/mol. The van der Waals surface area contributed by atoms with E-state index in [9.17, 15) is 4.79 Å². The lowest BCUT2D eigenvalue weighted by Gasteiger charge is -2.09. The molecule has 0 spiro atoms. The summed E-state index contributed by atoms with van der Waals surface area (Å²) in [5, 5.41) is 2.89. The number of rotatable bonds is 4. The zero-order valence-corrected chi connectivity index (χ0v) is 11.2. The molecule has 1 aromatic heterocycles. The summed E-state index contributed by atoms with van der Waals surface area (Å²) >= 11 is 0. The molecule has 1 aromatic carbocycles. The molecule has 0 aliphatic rings. The van der Waals surface area contributed by atoms with Crippen LogP contribution < -0.4 is 11.1 Å². The van der Waals surface area contributed by atoms with Crippen molar-refractivity contribution in [2.75, 3.05) is 11.1 Å². The molecule has 100 valence electrons. The van der Waals surface area contributed by atoms with Crippen LogP contribution in [0.15, 0.2) is 30.6 Å². The van der Waals surface area contributed by atoms with E-state index in [2.05, 4.69) is 10.3 Å². The second-order valence-electron chi connectivity index (χ2n) is 4.54. The highest BCUT2D eigenvalue weighted by Crippen LogP contribution is 2.17. The molecule has 1 amide bonds. The van der Waals surface area contributed by atoms with Gasteiger partial charge in [-0.25, -0.2) is 4.98 Å². The van der Waals surface area contributed by atoms with Gasteiger partial charge in [-0.1, -0.05) is 0 Å². The first-order chi connectivity index (χ1) is 9.06. The molecule has 0 atom stereocenters. The number of carbonyl (C=O) groups excluding carboxylic acids is 1. The number of nitrogens with two attached hydrogens (primary N) is 1. The normalized spacial score (nSPS) is 10.4. The molecule has 0 saturated carbocycles. The van der Waals surface area contributed by atoms with Crippen molar-refractivity contribution < 1.29 is 4.79 Å². The largest absolute Gasteiger partial charge is 0.399 e.